The van der Waals surface area contributed by atoms with Crippen LogP contribution in [0.25, 0.3) is 0 Å². The lowest BCUT2D eigenvalue weighted by Crippen LogP contribution is -2.44. The number of carbonyl (C=O) groups excluding carboxylic acids is 1. The topological polar surface area (TPSA) is 116 Å². The van der Waals surface area contributed by atoms with Crippen LogP contribution in [-0.2, 0) is 19.6 Å². The van der Waals surface area contributed by atoms with E-state index in [-0.39, 0.29) is 16.5 Å². The number of hydrogen-bond donors (Lipinski definition) is 1. The second-order valence-corrected chi connectivity index (χ2v) is 6.33. The Hall–Kier alpha value is -2.00. The van der Waals surface area contributed by atoms with Crippen molar-refractivity contribution in [1.29, 1.82) is 0 Å². The smallest absolute Gasteiger partial charge is 0.324 e. The van der Waals surface area contributed by atoms with Crippen LogP contribution in [0.1, 0.15) is 13.8 Å². The van der Waals surface area contributed by atoms with Crippen LogP contribution in [0, 0.1) is 16.0 Å². The van der Waals surface area contributed by atoms with Gasteiger partial charge in [-0.15, -0.1) is 0 Å². The van der Waals surface area contributed by atoms with Crippen LogP contribution in [0.4, 0.5) is 5.69 Å². The van der Waals surface area contributed by atoms with E-state index in [0.29, 0.717) is 0 Å². The number of nitro groups is 1. The minimum absolute atomic E-state index is 0.164. The van der Waals surface area contributed by atoms with Crippen molar-refractivity contribution in [1.82, 2.24) is 4.72 Å². The Kier molecular flexibility index (Phi) is 5.39. The van der Waals surface area contributed by atoms with Gasteiger partial charge >= 0.3 is 5.97 Å². The van der Waals surface area contributed by atoms with Crippen molar-refractivity contribution in [3.63, 3.8) is 0 Å². The third-order valence-electron chi connectivity index (χ3n) is 2.76. The number of nitrogens with one attached hydrogen (secondary N) is 1. The Morgan fingerprint density at radius 3 is 2.19 bits per heavy atom. The summed E-state index contributed by atoms with van der Waals surface area (Å²) >= 11 is 0. The van der Waals surface area contributed by atoms with Crippen LogP contribution in [0.2, 0.25) is 0 Å². The minimum atomic E-state index is -3.98. The highest BCUT2D eigenvalue weighted by atomic mass is 32.2. The fraction of sp³-hybridized carbons (Fsp3) is 0.417. The molecule has 0 unspecified atom stereocenters. The molecule has 0 bridgehead atoms. The molecule has 0 heterocycles. The number of benzene rings is 1. The van der Waals surface area contributed by atoms with Crippen LogP contribution < -0.4 is 4.72 Å². The monoisotopic (exact) mass is 316 g/mol. The number of hydrogen-bond acceptors (Lipinski definition) is 6. The molecule has 1 N–H and O–H groups in total. The number of methoxy groups -OCH3 is 1. The molecule has 8 nitrogen and oxygen atoms in total. The molecule has 0 spiro atoms. The summed E-state index contributed by atoms with van der Waals surface area (Å²) in [5.74, 6) is -1.01. The van der Waals surface area contributed by atoms with Crippen molar-refractivity contribution in [2.75, 3.05) is 7.11 Å². The number of rotatable bonds is 6. The molecule has 21 heavy (non-hydrogen) atoms. The van der Waals surface area contributed by atoms with Gasteiger partial charge in [0.2, 0.25) is 10.0 Å². The second kappa shape index (κ2) is 6.64. The maximum atomic E-state index is 12.2. The largest absolute Gasteiger partial charge is 0.468 e. The van der Waals surface area contributed by atoms with E-state index in [1.807, 2.05) is 0 Å². The van der Waals surface area contributed by atoms with Gasteiger partial charge in [0, 0.05) is 12.1 Å². The lowest BCUT2D eigenvalue weighted by molar-refractivity contribution is -0.384. The maximum Gasteiger partial charge on any atom is 0.324 e. The zero-order chi connectivity index (χ0) is 16.2. The molecule has 0 aliphatic rings. The summed E-state index contributed by atoms with van der Waals surface area (Å²) in [5.41, 5.74) is -0.220. The van der Waals surface area contributed by atoms with Crippen LogP contribution in [0.5, 0.6) is 0 Å². The summed E-state index contributed by atoms with van der Waals surface area (Å²) in [6.07, 6.45) is 0. The summed E-state index contributed by atoms with van der Waals surface area (Å²) in [6.45, 7) is 3.33. The van der Waals surface area contributed by atoms with E-state index in [4.69, 9.17) is 0 Å². The molecule has 1 aromatic rings. The van der Waals surface area contributed by atoms with Crippen LogP contribution in [0.3, 0.4) is 0 Å². The standard InChI is InChI=1S/C12H16N2O6S/c1-8(2)11(12(15)20-3)13-21(18,19)10-6-4-9(5-7-10)14(16)17/h4-8,11,13H,1-3H3/t11-/m1/s1. The lowest BCUT2D eigenvalue weighted by Gasteiger charge is -2.19. The summed E-state index contributed by atoms with van der Waals surface area (Å²) in [6, 6.07) is 3.34. The predicted octanol–water partition coefficient (Wildman–Crippen LogP) is 1.07. The molecule has 0 fully saturated rings. The first-order chi connectivity index (χ1) is 9.69. The normalized spacial score (nSPS) is 13.0. The van der Waals surface area contributed by atoms with E-state index in [9.17, 15) is 23.3 Å². The second-order valence-electron chi connectivity index (χ2n) is 4.62. The first-order valence-corrected chi connectivity index (χ1v) is 7.52. The van der Waals surface area contributed by atoms with Crippen LogP contribution in [0.15, 0.2) is 29.2 Å². The van der Waals surface area contributed by atoms with Crippen molar-refractivity contribution >= 4 is 21.7 Å². The van der Waals surface area contributed by atoms with Gasteiger partial charge in [0.05, 0.1) is 16.9 Å². The molecule has 1 aromatic carbocycles. The quantitative estimate of drug-likeness (QED) is 0.477. The SMILES string of the molecule is COC(=O)[C@H](NS(=O)(=O)c1ccc([N+](=O)[O-])cc1)C(C)C. The zero-order valence-corrected chi connectivity index (χ0v) is 12.6. The summed E-state index contributed by atoms with van der Waals surface area (Å²) in [4.78, 5) is 21.3. The van der Waals surface area contributed by atoms with Crippen molar-refractivity contribution < 1.29 is 22.9 Å². The molecule has 116 valence electrons. The number of carbonyl (C=O) groups is 1. The van der Waals surface area contributed by atoms with E-state index in [0.717, 1.165) is 31.4 Å². The maximum absolute atomic E-state index is 12.2. The molecular formula is C12H16N2O6S. The van der Waals surface area contributed by atoms with Gasteiger partial charge in [-0.2, -0.15) is 4.72 Å². The summed E-state index contributed by atoms with van der Waals surface area (Å²) < 4.78 is 31.1. The first kappa shape index (κ1) is 17.1. The Labute approximate surface area is 122 Å². The number of nitrogens with zero attached hydrogens (tertiary/aromatic N) is 1. The Morgan fingerprint density at radius 1 is 1.29 bits per heavy atom. The molecule has 0 saturated carbocycles. The molecule has 0 amide bonds. The first-order valence-electron chi connectivity index (χ1n) is 6.03. The average molecular weight is 316 g/mol. The van der Waals surface area contributed by atoms with Gasteiger partial charge in [0.25, 0.3) is 5.69 Å². The van der Waals surface area contributed by atoms with Crippen molar-refractivity contribution in [2.45, 2.75) is 24.8 Å². The molecule has 1 atom stereocenters. The highest BCUT2D eigenvalue weighted by Crippen LogP contribution is 2.17. The van der Waals surface area contributed by atoms with E-state index in [2.05, 4.69) is 9.46 Å². The van der Waals surface area contributed by atoms with E-state index in [1.165, 1.54) is 0 Å². The molecule has 0 aromatic heterocycles. The third-order valence-corrected chi connectivity index (χ3v) is 4.22. The molecule has 0 radical (unpaired) electrons. The molecule has 0 saturated heterocycles. The van der Waals surface area contributed by atoms with Crippen LogP contribution in [-0.4, -0.2) is 32.5 Å². The Bertz CT molecular complexity index is 624. The number of esters is 1. The van der Waals surface area contributed by atoms with Crippen LogP contribution >= 0.6 is 0 Å². The molecule has 9 heteroatoms. The third kappa shape index (κ3) is 4.23. The van der Waals surface area contributed by atoms with Gasteiger partial charge < -0.3 is 4.74 Å². The number of nitro benzene ring substituents is 1. The van der Waals surface area contributed by atoms with Gasteiger partial charge in [-0.25, -0.2) is 8.42 Å². The highest BCUT2D eigenvalue weighted by Gasteiger charge is 2.29. The van der Waals surface area contributed by atoms with E-state index < -0.39 is 27.0 Å². The van der Waals surface area contributed by atoms with Gasteiger partial charge in [0.15, 0.2) is 0 Å². The van der Waals surface area contributed by atoms with Gasteiger partial charge in [-0.3, -0.25) is 14.9 Å². The molecule has 0 aliphatic heterocycles. The Morgan fingerprint density at radius 2 is 1.81 bits per heavy atom. The van der Waals surface area contributed by atoms with E-state index in [1.54, 1.807) is 13.8 Å². The minimum Gasteiger partial charge on any atom is -0.468 e. The van der Waals surface area contributed by atoms with Gasteiger partial charge in [-0.05, 0) is 18.1 Å². The molecular weight excluding hydrogens is 300 g/mol. The van der Waals surface area contributed by atoms with Gasteiger partial charge in [-0.1, -0.05) is 13.8 Å². The molecule has 0 aliphatic carbocycles. The highest BCUT2D eigenvalue weighted by molar-refractivity contribution is 7.89. The molecule has 1 rings (SSSR count). The predicted molar refractivity (Wildman–Crippen MR) is 74.1 cm³/mol. The fourth-order valence-electron chi connectivity index (χ4n) is 1.57. The average Bonchev–Trinajstić information content (AvgIpc) is 2.43. The van der Waals surface area contributed by atoms with E-state index >= 15 is 0 Å². The lowest BCUT2D eigenvalue weighted by atomic mass is 10.1. The summed E-state index contributed by atoms with van der Waals surface area (Å²) in [5, 5.41) is 10.5. The van der Waals surface area contributed by atoms with Gasteiger partial charge in [0.1, 0.15) is 6.04 Å². The number of non-ortho nitro benzene ring substituents is 1. The zero-order valence-electron chi connectivity index (χ0n) is 11.8. The van der Waals surface area contributed by atoms with Crippen molar-refractivity contribution in [3.8, 4) is 0 Å². The fourth-order valence-corrected chi connectivity index (χ4v) is 2.90. The number of sulfonamides is 1. The number of ether oxygens (including phenoxy) is 1. The summed E-state index contributed by atoms with van der Waals surface area (Å²) in [7, 11) is -2.81. The van der Waals surface area contributed by atoms with Crippen molar-refractivity contribution in [2.24, 2.45) is 5.92 Å². The van der Waals surface area contributed by atoms with Crippen molar-refractivity contribution in [3.05, 3.63) is 34.4 Å². The Balaban J connectivity index is 3.04.